The van der Waals surface area contributed by atoms with Crippen molar-refractivity contribution in [2.75, 3.05) is 7.05 Å². The molecule has 0 fully saturated rings. The number of rotatable bonds is 4. The molecule has 144 valence electrons. The summed E-state index contributed by atoms with van der Waals surface area (Å²) in [4.78, 5) is 15.6. The van der Waals surface area contributed by atoms with Crippen LogP contribution >= 0.6 is 0 Å². The van der Waals surface area contributed by atoms with Gasteiger partial charge < -0.3 is 21.6 Å². The first kappa shape index (κ1) is 25.7. The van der Waals surface area contributed by atoms with E-state index in [1.807, 2.05) is 48.5 Å². The van der Waals surface area contributed by atoms with Crippen LogP contribution in [0.4, 0.5) is 0 Å². The Morgan fingerprint density at radius 1 is 1.04 bits per heavy atom. The average molecular weight is 361 g/mol. The van der Waals surface area contributed by atoms with E-state index in [1.54, 1.807) is 6.92 Å². The molecule has 2 aromatic carbocycles. The summed E-state index contributed by atoms with van der Waals surface area (Å²) in [5.74, 6) is -0.849. The molecule has 3 aromatic rings. The number of aromatic nitrogens is 1. The van der Waals surface area contributed by atoms with Crippen molar-refractivity contribution in [3.8, 4) is 0 Å². The highest BCUT2D eigenvalue weighted by molar-refractivity contribution is 5.97. The second-order valence-electron chi connectivity index (χ2n) is 5.07. The maximum atomic E-state index is 11.0. The molecular formula is C20H31N3O3. The molecule has 0 amide bonds. The van der Waals surface area contributed by atoms with Crippen molar-refractivity contribution in [3.63, 3.8) is 0 Å². The average Bonchev–Trinajstić information content (AvgIpc) is 2.60. The Morgan fingerprint density at radius 2 is 1.46 bits per heavy atom. The molecular weight excluding hydrogens is 330 g/mol. The molecule has 0 radical (unpaired) electrons. The summed E-state index contributed by atoms with van der Waals surface area (Å²) in [7, 11) is 1.50. The molecule has 0 aliphatic carbocycles. The van der Waals surface area contributed by atoms with Gasteiger partial charge in [-0.15, -0.1) is 0 Å². The smallest absolute Gasteiger partial charge is 0.320 e. The van der Waals surface area contributed by atoms with Gasteiger partial charge in [-0.3, -0.25) is 4.79 Å². The number of carboxylic acid groups (broad SMARTS) is 1. The highest BCUT2D eigenvalue weighted by Gasteiger charge is 2.13. The van der Waals surface area contributed by atoms with E-state index in [2.05, 4.69) is 16.0 Å². The van der Waals surface area contributed by atoms with E-state index >= 15 is 0 Å². The fourth-order valence-electron chi connectivity index (χ4n) is 2.46. The molecule has 0 aliphatic rings. The van der Waals surface area contributed by atoms with E-state index in [4.69, 9.17) is 5.11 Å². The first-order chi connectivity index (χ1) is 11.2. The topological polar surface area (TPSA) is 120 Å². The number of benzene rings is 2. The number of hydrogen-bond donors (Lipinski definition) is 3. The monoisotopic (exact) mass is 361 g/mol. The number of carboxylic acids is 1. The van der Waals surface area contributed by atoms with E-state index in [9.17, 15) is 4.79 Å². The quantitative estimate of drug-likeness (QED) is 0.617. The van der Waals surface area contributed by atoms with Crippen LogP contribution in [0.3, 0.4) is 0 Å². The maximum absolute atomic E-state index is 11.0. The summed E-state index contributed by atoms with van der Waals surface area (Å²) in [6.07, 6.45) is 0. The highest BCUT2D eigenvalue weighted by Crippen LogP contribution is 2.25. The van der Waals surface area contributed by atoms with Crippen LogP contribution in [0.25, 0.3) is 21.8 Å². The largest absolute Gasteiger partial charge is 0.480 e. The number of nitrogens with zero attached hydrogens (tertiary/aromatic N) is 1. The third-order valence-electron chi connectivity index (χ3n) is 3.65. The van der Waals surface area contributed by atoms with Gasteiger partial charge in [-0.25, -0.2) is 4.98 Å². The number of pyridine rings is 1. The molecule has 3 rings (SSSR count). The van der Waals surface area contributed by atoms with Crippen molar-refractivity contribution in [2.45, 2.75) is 34.4 Å². The van der Waals surface area contributed by atoms with Crippen LogP contribution in [0.15, 0.2) is 48.5 Å². The Bertz CT molecular complexity index is 768. The fourth-order valence-corrected chi connectivity index (χ4v) is 2.46. The predicted molar refractivity (Wildman–Crippen MR) is 110 cm³/mol. The number of fused-ring (bicyclic) bond motifs is 2. The van der Waals surface area contributed by atoms with Crippen LogP contribution in [0.2, 0.25) is 0 Å². The van der Waals surface area contributed by atoms with Crippen molar-refractivity contribution in [1.82, 2.24) is 10.3 Å². The van der Waals surface area contributed by atoms with Gasteiger partial charge in [0, 0.05) is 17.3 Å². The molecule has 1 atom stereocenters. The van der Waals surface area contributed by atoms with Crippen molar-refractivity contribution in [3.05, 3.63) is 54.1 Å². The molecule has 0 aliphatic heterocycles. The van der Waals surface area contributed by atoms with Crippen LogP contribution in [-0.4, -0.2) is 34.6 Å². The lowest BCUT2D eigenvalue weighted by Gasteiger charge is -2.13. The molecule has 6 heteroatoms. The summed E-state index contributed by atoms with van der Waals surface area (Å²) in [5, 5.41) is 14.2. The Kier molecular flexibility index (Phi) is 11.8. The molecule has 0 saturated carbocycles. The van der Waals surface area contributed by atoms with Gasteiger partial charge in [-0.2, -0.15) is 0 Å². The Morgan fingerprint density at radius 3 is 1.88 bits per heavy atom. The van der Waals surface area contributed by atoms with E-state index < -0.39 is 12.0 Å². The van der Waals surface area contributed by atoms with Crippen LogP contribution in [0.5, 0.6) is 0 Å². The number of aliphatic carboxylic acids is 1. The molecule has 1 heterocycles. The van der Waals surface area contributed by atoms with E-state index in [1.165, 1.54) is 7.05 Å². The van der Waals surface area contributed by atoms with E-state index in [-0.39, 0.29) is 20.3 Å². The van der Waals surface area contributed by atoms with Crippen LogP contribution < -0.4 is 11.1 Å². The summed E-state index contributed by atoms with van der Waals surface area (Å²) >= 11 is 0. The second-order valence-corrected chi connectivity index (χ2v) is 5.07. The number of nitrogens with one attached hydrogen (secondary N) is 1. The third-order valence-corrected chi connectivity index (χ3v) is 3.65. The molecule has 1 unspecified atom stereocenters. The third kappa shape index (κ3) is 5.49. The number of carbonyl (C=O) groups is 1. The van der Waals surface area contributed by atoms with Crippen molar-refractivity contribution in [2.24, 2.45) is 5.73 Å². The van der Waals surface area contributed by atoms with Gasteiger partial charge in [-0.05, 0) is 31.7 Å². The minimum absolute atomic E-state index is 0. The standard InChI is InChI=1S/C17H16N2O2.CH5N.2CH4.H2O/c1-11(17(20)21)18-10-14-12-6-2-4-8-15(12)19-16-9-5-3-7-13(14)16;1-2;;;/h2-9,11,18H,10H2,1H3,(H,20,21);2H2,1H3;2*1H4;1H2. The van der Waals surface area contributed by atoms with Gasteiger partial charge in [-0.1, -0.05) is 51.3 Å². The zero-order valence-corrected chi connectivity index (χ0v) is 13.8. The molecule has 0 spiro atoms. The van der Waals surface area contributed by atoms with Crippen LogP contribution in [-0.2, 0) is 11.3 Å². The van der Waals surface area contributed by atoms with Crippen LogP contribution in [0.1, 0.15) is 27.3 Å². The fraction of sp³-hybridized carbons (Fsp3) is 0.300. The Hall–Kier alpha value is -2.54. The number of nitrogens with two attached hydrogens (primary N) is 1. The lowest BCUT2D eigenvalue weighted by Crippen LogP contribution is -2.33. The molecule has 0 saturated heterocycles. The van der Waals surface area contributed by atoms with Gasteiger partial charge in [0.25, 0.3) is 0 Å². The zero-order chi connectivity index (χ0) is 16.8. The molecule has 26 heavy (non-hydrogen) atoms. The van der Waals surface area contributed by atoms with Gasteiger partial charge in [0.2, 0.25) is 0 Å². The van der Waals surface area contributed by atoms with Gasteiger partial charge in [0.15, 0.2) is 0 Å². The summed E-state index contributed by atoms with van der Waals surface area (Å²) in [6.45, 7) is 2.14. The maximum Gasteiger partial charge on any atom is 0.320 e. The molecule has 6 nitrogen and oxygen atoms in total. The summed E-state index contributed by atoms with van der Waals surface area (Å²) < 4.78 is 0. The Balaban J connectivity index is 0. The highest BCUT2D eigenvalue weighted by atomic mass is 16.4. The minimum Gasteiger partial charge on any atom is -0.480 e. The minimum atomic E-state index is -0.849. The first-order valence-corrected chi connectivity index (χ1v) is 7.47. The van der Waals surface area contributed by atoms with Crippen molar-refractivity contribution < 1.29 is 15.4 Å². The van der Waals surface area contributed by atoms with E-state index in [0.717, 1.165) is 27.4 Å². The van der Waals surface area contributed by atoms with Crippen molar-refractivity contribution in [1.29, 1.82) is 0 Å². The van der Waals surface area contributed by atoms with E-state index in [0.29, 0.717) is 6.54 Å². The van der Waals surface area contributed by atoms with Gasteiger partial charge in [0.1, 0.15) is 6.04 Å². The second kappa shape index (κ2) is 11.9. The molecule has 6 N–H and O–H groups in total. The summed E-state index contributed by atoms with van der Waals surface area (Å²) in [5.41, 5.74) is 7.44. The number of hydrogen-bond acceptors (Lipinski definition) is 4. The normalized spacial score (nSPS) is 10.4. The predicted octanol–water partition coefficient (Wildman–Crippen LogP) is 2.97. The lowest BCUT2D eigenvalue weighted by molar-refractivity contribution is -0.139. The Labute approximate surface area is 155 Å². The van der Waals surface area contributed by atoms with Gasteiger partial charge in [0.05, 0.1) is 11.0 Å². The molecule has 0 bridgehead atoms. The molecule has 1 aromatic heterocycles. The first-order valence-electron chi connectivity index (χ1n) is 7.47. The van der Waals surface area contributed by atoms with Crippen molar-refractivity contribution >= 4 is 27.8 Å². The zero-order valence-electron chi connectivity index (χ0n) is 13.8. The number of para-hydroxylation sites is 2. The SMILES string of the molecule is C.C.CC(NCc1c2ccccc2nc2ccccc12)C(=O)O.CN.O. The van der Waals surface area contributed by atoms with Crippen LogP contribution in [0, 0.1) is 0 Å². The summed E-state index contributed by atoms with van der Waals surface area (Å²) in [6, 6.07) is 15.3. The van der Waals surface area contributed by atoms with Gasteiger partial charge >= 0.3 is 5.97 Å². The lowest BCUT2D eigenvalue weighted by atomic mass is 10.0.